The number of carbonyl (C=O) groups is 1. The molecule has 128 valence electrons. The van der Waals surface area contributed by atoms with E-state index in [2.05, 4.69) is 4.98 Å². The molecule has 0 fully saturated rings. The lowest BCUT2D eigenvalue weighted by molar-refractivity contribution is -0.250. The minimum atomic E-state index is -1.55. The summed E-state index contributed by atoms with van der Waals surface area (Å²) in [6, 6.07) is 16.5. The Kier molecular flexibility index (Phi) is 3.65. The minimum absolute atomic E-state index is 0.339. The summed E-state index contributed by atoms with van der Waals surface area (Å²) in [7, 11) is 0. The first-order valence-electron chi connectivity index (χ1n) is 7.94. The van der Waals surface area contributed by atoms with Crippen LogP contribution in [0.5, 0.6) is 0 Å². The van der Waals surface area contributed by atoms with E-state index in [1.807, 2.05) is 48.5 Å². The molecule has 4 rings (SSSR count). The highest BCUT2D eigenvalue weighted by Gasteiger charge is 2.11. The lowest BCUT2D eigenvalue weighted by atomic mass is 10.0. The second-order valence-corrected chi connectivity index (χ2v) is 5.86. The van der Waals surface area contributed by atoms with Crippen LogP contribution in [0.2, 0.25) is 0 Å². The van der Waals surface area contributed by atoms with E-state index in [0.717, 1.165) is 16.6 Å². The Morgan fingerprint density at radius 3 is 2.42 bits per heavy atom. The maximum absolute atomic E-state index is 12.1. The Hall–Kier alpha value is -3.67. The molecule has 0 atom stereocenters. The number of hydrogen-bond donors (Lipinski definition) is 0. The van der Waals surface area contributed by atoms with Crippen molar-refractivity contribution in [3.8, 4) is 22.6 Å². The van der Waals surface area contributed by atoms with Gasteiger partial charge in [0.2, 0.25) is 5.89 Å². The van der Waals surface area contributed by atoms with Crippen molar-refractivity contribution in [2.24, 2.45) is 0 Å². The molecule has 2 aromatic heterocycles. The minimum Gasteiger partial charge on any atom is -0.529 e. The molecular formula is C20H13N2O4-. The van der Waals surface area contributed by atoms with Gasteiger partial charge in [-0.3, -0.25) is 9.36 Å². The van der Waals surface area contributed by atoms with Crippen LogP contribution in [0.1, 0.15) is 5.56 Å². The van der Waals surface area contributed by atoms with Gasteiger partial charge in [0.15, 0.2) is 5.58 Å². The van der Waals surface area contributed by atoms with Gasteiger partial charge in [-0.1, -0.05) is 24.3 Å². The summed E-state index contributed by atoms with van der Waals surface area (Å²) in [6.07, 6.45) is -0.342. The maximum atomic E-state index is 12.1. The van der Waals surface area contributed by atoms with Crippen molar-refractivity contribution in [2.75, 3.05) is 0 Å². The summed E-state index contributed by atoms with van der Waals surface area (Å²) in [4.78, 5) is 27.5. The fourth-order valence-electron chi connectivity index (χ4n) is 2.88. The monoisotopic (exact) mass is 345 g/mol. The van der Waals surface area contributed by atoms with Gasteiger partial charge < -0.3 is 14.3 Å². The Bertz CT molecular complexity index is 1150. The summed E-state index contributed by atoms with van der Waals surface area (Å²) in [5.74, 6) is 0.516. The van der Waals surface area contributed by atoms with Crippen molar-refractivity contribution >= 4 is 17.2 Å². The number of pyridine rings is 1. The van der Waals surface area contributed by atoms with Gasteiger partial charge in [-0.15, -0.1) is 0 Å². The Morgan fingerprint density at radius 1 is 1.04 bits per heavy atom. The number of aromatic nitrogens is 2. The van der Waals surface area contributed by atoms with Crippen LogP contribution in [0.4, 0.5) is 4.79 Å². The highest BCUT2D eigenvalue weighted by molar-refractivity contribution is 5.77. The predicted molar refractivity (Wildman–Crippen MR) is 94.7 cm³/mol. The second kappa shape index (κ2) is 6.00. The van der Waals surface area contributed by atoms with E-state index in [-0.39, 0.29) is 0 Å². The third-order valence-corrected chi connectivity index (χ3v) is 4.27. The standard InChI is InChI=1S/C20H14N2O4/c1-12-15(10-11-22(19(12)23)20(24)25)13-6-8-14(9-7-13)18-21-16-4-2-3-5-17(16)26-18/h2-11H,1H3,(H,24,25)/p-1. The molecule has 0 saturated heterocycles. The van der Waals surface area contributed by atoms with Gasteiger partial charge in [0.25, 0.3) is 5.56 Å². The fourth-order valence-corrected chi connectivity index (χ4v) is 2.88. The number of oxazole rings is 1. The van der Waals surface area contributed by atoms with Crippen molar-refractivity contribution in [3.63, 3.8) is 0 Å². The summed E-state index contributed by atoms with van der Waals surface area (Å²) in [5, 5.41) is 10.9. The van der Waals surface area contributed by atoms with Crippen molar-refractivity contribution in [2.45, 2.75) is 6.92 Å². The molecule has 0 N–H and O–H groups in total. The maximum Gasteiger partial charge on any atom is 0.259 e. The zero-order valence-corrected chi connectivity index (χ0v) is 13.8. The van der Waals surface area contributed by atoms with Gasteiger partial charge >= 0.3 is 0 Å². The van der Waals surface area contributed by atoms with Gasteiger partial charge in [0.05, 0.1) is 0 Å². The van der Waals surface area contributed by atoms with Gasteiger partial charge in [-0.2, -0.15) is 0 Å². The molecule has 0 aliphatic heterocycles. The van der Waals surface area contributed by atoms with Crippen molar-refractivity contribution in [3.05, 3.63) is 76.7 Å². The normalized spacial score (nSPS) is 11.0. The van der Waals surface area contributed by atoms with Crippen LogP contribution < -0.4 is 10.7 Å². The molecule has 0 aliphatic rings. The lowest BCUT2D eigenvalue weighted by Gasteiger charge is -2.11. The number of benzene rings is 2. The molecule has 6 heteroatoms. The Morgan fingerprint density at radius 2 is 1.73 bits per heavy atom. The van der Waals surface area contributed by atoms with Crippen molar-refractivity contribution in [1.29, 1.82) is 0 Å². The number of rotatable bonds is 2. The van der Waals surface area contributed by atoms with Gasteiger partial charge in [-0.05, 0) is 48.4 Å². The quantitative estimate of drug-likeness (QED) is 0.557. The topological polar surface area (TPSA) is 88.2 Å². The second-order valence-electron chi connectivity index (χ2n) is 5.86. The zero-order valence-electron chi connectivity index (χ0n) is 13.8. The van der Waals surface area contributed by atoms with Crippen LogP contribution in [0.15, 0.2) is 70.0 Å². The smallest absolute Gasteiger partial charge is 0.259 e. The number of hydrogen-bond acceptors (Lipinski definition) is 5. The van der Waals surface area contributed by atoms with Crippen LogP contribution >= 0.6 is 0 Å². The molecule has 0 aliphatic carbocycles. The van der Waals surface area contributed by atoms with Crippen LogP contribution in [0.25, 0.3) is 33.7 Å². The van der Waals surface area contributed by atoms with E-state index in [4.69, 9.17) is 4.42 Å². The summed E-state index contributed by atoms with van der Waals surface area (Å²) in [6.45, 7) is 1.59. The molecule has 26 heavy (non-hydrogen) atoms. The molecule has 0 saturated carbocycles. The number of nitrogens with zero attached hydrogens (tertiary/aromatic N) is 2. The third kappa shape index (κ3) is 2.57. The van der Waals surface area contributed by atoms with Gasteiger partial charge in [-0.25, -0.2) is 4.98 Å². The molecule has 6 nitrogen and oxygen atoms in total. The average molecular weight is 345 g/mol. The lowest BCUT2D eigenvalue weighted by Crippen LogP contribution is -2.37. The van der Waals surface area contributed by atoms with E-state index in [1.165, 1.54) is 6.20 Å². The van der Waals surface area contributed by atoms with Crippen LogP contribution in [0.3, 0.4) is 0 Å². The third-order valence-electron chi connectivity index (χ3n) is 4.27. The molecule has 2 heterocycles. The predicted octanol–water partition coefficient (Wildman–Crippen LogP) is 2.82. The van der Waals surface area contributed by atoms with Crippen LogP contribution in [0, 0.1) is 6.92 Å². The molecule has 0 bridgehead atoms. The molecular weight excluding hydrogens is 332 g/mol. The molecule has 0 radical (unpaired) electrons. The fraction of sp³-hybridized carbons (Fsp3) is 0.0500. The van der Waals surface area contributed by atoms with E-state index in [1.54, 1.807) is 13.0 Å². The Balaban J connectivity index is 1.73. The van der Waals surface area contributed by atoms with Crippen LogP contribution in [-0.4, -0.2) is 15.6 Å². The SMILES string of the molecule is Cc1c(-c2ccc(-c3nc4ccccc4o3)cc2)ccn(C(=O)[O-])c1=O. The largest absolute Gasteiger partial charge is 0.529 e. The Labute approximate surface area is 148 Å². The average Bonchev–Trinajstić information content (AvgIpc) is 3.08. The highest BCUT2D eigenvalue weighted by Crippen LogP contribution is 2.27. The molecule has 0 spiro atoms. The van der Waals surface area contributed by atoms with Gasteiger partial charge in [0.1, 0.15) is 11.6 Å². The summed E-state index contributed by atoms with van der Waals surface area (Å²) >= 11 is 0. The van der Waals surface area contributed by atoms with Crippen molar-refractivity contribution < 1.29 is 14.3 Å². The number of fused-ring (bicyclic) bond motifs is 1. The van der Waals surface area contributed by atoms with E-state index in [9.17, 15) is 14.7 Å². The van der Waals surface area contributed by atoms with Crippen LogP contribution in [-0.2, 0) is 0 Å². The summed E-state index contributed by atoms with van der Waals surface area (Å²) in [5.41, 5.74) is 3.51. The van der Waals surface area contributed by atoms with Crippen molar-refractivity contribution in [1.82, 2.24) is 9.55 Å². The molecule has 0 unspecified atom stereocenters. The number of carbonyl (C=O) groups excluding carboxylic acids is 1. The van der Waals surface area contributed by atoms with E-state index in [0.29, 0.717) is 27.2 Å². The first-order valence-corrected chi connectivity index (χ1v) is 7.94. The molecule has 4 aromatic rings. The molecule has 0 amide bonds. The first kappa shape index (κ1) is 15.8. The first-order chi connectivity index (χ1) is 12.5. The van der Waals surface area contributed by atoms with Gasteiger partial charge in [0, 0.05) is 17.3 Å². The van der Waals surface area contributed by atoms with E-state index >= 15 is 0 Å². The summed E-state index contributed by atoms with van der Waals surface area (Å²) < 4.78 is 6.31. The number of para-hydroxylation sites is 2. The van der Waals surface area contributed by atoms with E-state index < -0.39 is 11.7 Å². The highest BCUT2D eigenvalue weighted by atomic mass is 16.4. The number of carboxylic acid groups (broad SMARTS) is 1. The zero-order chi connectivity index (χ0) is 18.3. The molecule has 2 aromatic carbocycles.